The fourth-order valence-electron chi connectivity index (χ4n) is 2.09. The van der Waals surface area contributed by atoms with E-state index in [1.807, 2.05) is 0 Å². The zero-order chi connectivity index (χ0) is 14.2. The maximum atomic E-state index is 12.4. The third-order valence-corrected chi connectivity index (χ3v) is 3.25. The lowest BCUT2D eigenvalue weighted by Gasteiger charge is -2.11. The van der Waals surface area contributed by atoms with Crippen molar-refractivity contribution in [3.8, 4) is 0 Å². The molecular weight excluding hydrogens is 261 g/mol. The van der Waals surface area contributed by atoms with E-state index in [2.05, 4.69) is 0 Å². The van der Waals surface area contributed by atoms with Crippen molar-refractivity contribution < 1.29 is 23.2 Å². The Morgan fingerprint density at radius 1 is 1.37 bits per heavy atom. The molecule has 2 amide bonds. The van der Waals surface area contributed by atoms with Crippen LogP contribution in [0.2, 0.25) is 0 Å². The van der Waals surface area contributed by atoms with E-state index in [1.54, 1.807) is 0 Å². The number of hydrogen-bond donors (Lipinski definition) is 2. The Morgan fingerprint density at radius 3 is 2.42 bits per heavy atom. The van der Waals surface area contributed by atoms with E-state index in [-0.39, 0.29) is 18.4 Å². The summed E-state index contributed by atoms with van der Waals surface area (Å²) >= 11 is 0. The molecule has 0 heterocycles. The van der Waals surface area contributed by atoms with Gasteiger partial charge in [-0.1, -0.05) is 12.1 Å². The Balaban J connectivity index is 1.97. The summed E-state index contributed by atoms with van der Waals surface area (Å²) in [6, 6.07) is 4.00. The first-order valence-electron chi connectivity index (χ1n) is 5.72. The lowest BCUT2D eigenvalue weighted by atomic mass is 10.1. The molecule has 0 saturated heterocycles. The van der Waals surface area contributed by atoms with Gasteiger partial charge < -0.3 is 5.73 Å². The number of amides is 2. The van der Waals surface area contributed by atoms with Crippen molar-refractivity contribution in [1.82, 2.24) is 5.06 Å². The fraction of sp³-hybridized carbons (Fsp3) is 0.417. The summed E-state index contributed by atoms with van der Waals surface area (Å²) in [5.41, 5.74) is 4.96. The molecule has 3 N–H and O–H groups in total. The van der Waals surface area contributed by atoms with Crippen LogP contribution in [0.3, 0.4) is 0 Å². The van der Waals surface area contributed by atoms with Crippen molar-refractivity contribution in [2.75, 3.05) is 6.54 Å². The highest BCUT2D eigenvalue weighted by molar-refractivity contribution is 5.70. The van der Waals surface area contributed by atoms with Gasteiger partial charge in [-0.15, -0.1) is 0 Å². The lowest BCUT2D eigenvalue weighted by molar-refractivity contribution is -0.137. The first-order chi connectivity index (χ1) is 8.79. The molecule has 7 heteroatoms. The zero-order valence-electron chi connectivity index (χ0n) is 9.89. The summed E-state index contributed by atoms with van der Waals surface area (Å²) in [5, 5.41) is 9.59. The molecule has 1 aromatic carbocycles. The van der Waals surface area contributed by atoms with Crippen LogP contribution in [-0.2, 0) is 6.18 Å². The van der Waals surface area contributed by atoms with Crippen LogP contribution in [0.4, 0.5) is 18.0 Å². The monoisotopic (exact) mass is 274 g/mol. The Morgan fingerprint density at radius 2 is 1.95 bits per heavy atom. The molecule has 0 bridgehead atoms. The Kier molecular flexibility index (Phi) is 3.40. The van der Waals surface area contributed by atoms with Crippen molar-refractivity contribution >= 4 is 6.03 Å². The third-order valence-electron chi connectivity index (χ3n) is 3.25. The molecule has 1 saturated carbocycles. The molecule has 2 atom stereocenters. The number of benzene rings is 1. The van der Waals surface area contributed by atoms with Crippen LogP contribution in [0.5, 0.6) is 0 Å². The highest BCUT2D eigenvalue weighted by Crippen LogP contribution is 2.48. The van der Waals surface area contributed by atoms with E-state index >= 15 is 0 Å². The Bertz CT molecular complexity index is 473. The topological polar surface area (TPSA) is 66.6 Å². The van der Waals surface area contributed by atoms with Gasteiger partial charge >= 0.3 is 12.2 Å². The lowest BCUT2D eigenvalue weighted by Crippen LogP contribution is -2.34. The minimum atomic E-state index is -4.34. The molecule has 104 valence electrons. The van der Waals surface area contributed by atoms with Crippen molar-refractivity contribution in [3.05, 3.63) is 35.4 Å². The van der Waals surface area contributed by atoms with E-state index in [0.717, 1.165) is 24.1 Å². The molecular formula is C12H13F3N2O2. The minimum absolute atomic E-state index is 0.0363. The summed E-state index contributed by atoms with van der Waals surface area (Å²) in [6.07, 6.45) is -3.62. The van der Waals surface area contributed by atoms with Crippen LogP contribution in [0.1, 0.15) is 23.5 Å². The van der Waals surface area contributed by atoms with Gasteiger partial charge in [-0.3, -0.25) is 5.21 Å². The molecule has 1 aromatic rings. The van der Waals surface area contributed by atoms with Gasteiger partial charge in [0.2, 0.25) is 0 Å². The highest BCUT2D eigenvalue weighted by atomic mass is 19.4. The number of hydrogen-bond acceptors (Lipinski definition) is 2. The molecule has 4 nitrogen and oxygen atoms in total. The maximum absolute atomic E-state index is 12.4. The van der Waals surface area contributed by atoms with E-state index in [4.69, 9.17) is 10.9 Å². The standard InChI is InChI=1S/C12H13F3N2O2/c13-12(14,15)9-3-1-7(2-4-9)10-5-8(10)6-17(19)11(16)18/h1-4,8,10,19H,5-6H2,(H2,16,18). The van der Waals surface area contributed by atoms with Gasteiger partial charge in [0.1, 0.15) is 0 Å². The van der Waals surface area contributed by atoms with E-state index in [9.17, 15) is 18.0 Å². The number of primary amides is 1. The summed E-state index contributed by atoms with van der Waals surface area (Å²) in [7, 11) is 0. The number of hydroxylamine groups is 2. The van der Waals surface area contributed by atoms with E-state index in [0.29, 0.717) is 5.06 Å². The fourth-order valence-corrected chi connectivity index (χ4v) is 2.09. The van der Waals surface area contributed by atoms with Gasteiger partial charge in [0.15, 0.2) is 0 Å². The van der Waals surface area contributed by atoms with Crippen molar-refractivity contribution in [2.45, 2.75) is 18.5 Å². The number of carbonyl (C=O) groups excluding carboxylic acids is 1. The number of urea groups is 1. The molecule has 1 aliphatic rings. The first kappa shape index (κ1) is 13.7. The van der Waals surface area contributed by atoms with Crippen LogP contribution >= 0.6 is 0 Å². The predicted molar refractivity (Wildman–Crippen MR) is 60.4 cm³/mol. The van der Waals surface area contributed by atoms with Gasteiger partial charge in [0.25, 0.3) is 0 Å². The molecule has 0 spiro atoms. The molecule has 1 aliphatic carbocycles. The van der Waals surface area contributed by atoms with Crippen LogP contribution in [0, 0.1) is 5.92 Å². The summed E-state index contributed by atoms with van der Waals surface area (Å²) in [4.78, 5) is 10.6. The van der Waals surface area contributed by atoms with Gasteiger partial charge in [-0.2, -0.15) is 13.2 Å². The molecule has 2 unspecified atom stereocenters. The summed E-state index contributed by atoms with van der Waals surface area (Å²) < 4.78 is 37.1. The number of alkyl halides is 3. The number of rotatable bonds is 3. The zero-order valence-corrected chi connectivity index (χ0v) is 9.89. The van der Waals surface area contributed by atoms with Gasteiger partial charge in [-0.05, 0) is 36.0 Å². The minimum Gasteiger partial charge on any atom is -0.350 e. The number of carbonyl (C=O) groups is 1. The maximum Gasteiger partial charge on any atom is 0.416 e. The number of halogens is 3. The second-order valence-electron chi connectivity index (χ2n) is 4.64. The average Bonchev–Trinajstić information content (AvgIpc) is 3.07. The van der Waals surface area contributed by atoms with E-state index in [1.165, 1.54) is 12.1 Å². The second kappa shape index (κ2) is 4.73. The molecule has 1 fully saturated rings. The number of nitrogens with zero attached hydrogens (tertiary/aromatic N) is 1. The number of nitrogens with two attached hydrogens (primary N) is 1. The van der Waals surface area contributed by atoms with Crippen LogP contribution in [0.15, 0.2) is 24.3 Å². The van der Waals surface area contributed by atoms with Crippen molar-refractivity contribution in [1.29, 1.82) is 0 Å². The largest absolute Gasteiger partial charge is 0.416 e. The normalized spacial score (nSPS) is 22.1. The van der Waals surface area contributed by atoms with Crippen LogP contribution in [0.25, 0.3) is 0 Å². The van der Waals surface area contributed by atoms with Gasteiger partial charge in [0.05, 0.1) is 12.1 Å². The Labute approximate surface area is 107 Å². The Hall–Kier alpha value is -1.76. The highest BCUT2D eigenvalue weighted by Gasteiger charge is 2.40. The average molecular weight is 274 g/mol. The molecule has 19 heavy (non-hydrogen) atoms. The SMILES string of the molecule is NC(=O)N(O)CC1CC1c1ccc(C(F)(F)F)cc1. The van der Waals surface area contributed by atoms with Crippen molar-refractivity contribution in [2.24, 2.45) is 11.7 Å². The quantitative estimate of drug-likeness (QED) is 0.657. The third kappa shape index (κ3) is 3.17. The van der Waals surface area contributed by atoms with Crippen LogP contribution < -0.4 is 5.73 Å². The van der Waals surface area contributed by atoms with Gasteiger partial charge in [0, 0.05) is 0 Å². The molecule has 0 aliphatic heterocycles. The summed E-state index contributed by atoms with van der Waals surface area (Å²) in [6.45, 7) is 0.0982. The van der Waals surface area contributed by atoms with Crippen molar-refractivity contribution in [3.63, 3.8) is 0 Å². The predicted octanol–water partition coefficient (Wildman–Crippen LogP) is 2.58. The summed E-state index contributed by atoms with van der Waals surface area (Å²) in [5.74, 6) is 0.102. The molecule has 0 radical (unpaired) electrons. The van der Waals surface area contributed by atoms with Crippen LogP contribution in [-0.4, -0.2) is 22.8 Å². The first-order valence-corrected chi connectivity index (χ1v) is 5.72. The molecule has 2 rings (SSSR count). The molecule has 0 aromatic heterocycles. The van der Waals surface area contributed by atoms with E-state index < -0.39 is 17.8 Å². The smallest absolute Gasteiger partial charge is 0.350 e. The second-order valence-corrected chi connectivity index (χ2v) is 4.64. The van der Waals surface area contributed by atoms with Gasteiger partial charge in [-0.25, -0.2) is 9.86 Å².